The van der Waals surface area contributed by atoms with Crippen LogP contribution in [0.1, 0.15) is 16.1 Å². The van der Waals surface area contributed by atoms with E-state index in [4.69, 9.17) is 4.42 Å². The molecule has 124 valence electrons. The quantitative estimate of drug-likeness (QED) is 0.697. The van der Waals surface area contributed by atoms with Crippen LogP contribution in [-0.4, -0.2) is 32.1 Å². The minimum atomic E-state index is -0.193. The van der Waals surface area contributed by atoms with Gasteiger partial charge >= 0.3 is 0 Å². The summed E-state index contributed by atoms with van der Waals surface area (Å²) in [6.07, 6.45) is 0. The maximum absolute atomic E-state index is 11.9. The van der Waals surface area contributed by atoms with Crippen LogP contribution in [-0.2, 0) is 4.79 Å². The Hall–Kier alpha value is -2.26. The maximum atomic E-state index is 11.9. The number of thioether (sulfide) groups is 1. The molecule has 0 unspecified atom stereocenters. The Morgan fingerprint density at radius 2 is 2.00 bits per heavy atom. The summed E-state index contributed by atoms with van der Waals surface area (Å²) >= 11 is 2.51. The second-order valence-corrected chi connectivity index (χ2v) is 7.24. The fraction of sp³-hybridized carbons (Fsp3) is 0.267. The number of hydrogen-bond donors (Lipinski definition) is 1. The Kier molecular flexibility index (Phi) is 4.91. The summed E-state index contributed by atoms with van der Waals surface area (Å²) in [5.41, 5.74) is 3.23. The summed E-state index contributed by atoms with van der Waals surface area (Å²) in [5.74, 6) is 0.413. The lowest BCUT2D eigenvalue weighted by Crippen LogP contribution is -2.13. The van der Waals surface area contributed by atoms with E-state index in [1.54, 1.807) is 0 Å². The Morgan fingerprint density at radius 3 is 2.71 bits per heavy atom. The highest BCUT2D eigenvalue weighted by atomic mass is 32.2. The SMILES string of the molecule is Cc1nnc(NC(=O)CSc2nnc(-c3ccc(C)c(C)c3)o2)s1. The summed E-state index contributed by atoms with van der Waals surface area (Å²) in [7, 11) is 0. The van der Waals surface area contributed by atoms with Gasteiger partial charge in [0.1, 0.15) is 5.01 Å². The summed E-state index contributed by atoms with van der Waals surface area (Å²) < 4.78 is 5.60. The first-order chi connectivity index (χ1) is 11.5. The predicted octanol–water partition coefficient (Wildman–Crippen LogP) is 3.24. The van der Waals surface area contributed by atoms with Crippen LogP contribution in [0.2, 0.25) is 0 Å². The molecule has 0 aliphatic carbocycles. The first kappa shape index (κ1) is 16.6. The first-order valence-corrected chi connectivity index (χ1v) is 8.95. The van der Waals surface area contributed by atoms with E-state index >= 15 is 0 Å². The lowest BCUT2D eigenvalue weighted by Gasteiger charge is -2.01. The Balaban J connectivity index is 1.59. The minimum absolute atomic E-state index is 0.160. The van der Waals surface area contributed by atoms with Crippen molar-refractivity contribution in [3.63, 3.8) is 0 Å². The average Bonchev–Trinajstić information content (AvgIpc) is 3.17. The smallest absolute Gasteiger partial charge is 0.277 e. The normalized spacial score (nSPS) is 10.8. The number of carbonyl (C=O) groups excluding carboxylic acids is 1. The van der Waals surface area contributed by atoms with Crippen molar-refractivity contribution in [3.8, 4) is 11.5 Å². The van der Waals surface area contributed by atoms with Gasteiger partial charge in [-0.3, -0.25) is 10.1 Å². The molecule has 0 aliphatic heterocycles. The number of benzene rings is 1. The van der Waals surface area contributed by atoms with E-state index in [1.165, 1.54) is 28.7 Å². The Bertz CT molecular complexity index is 874. The van der Waals surface area contributed by atoms with E-state index in [0.717, 1.165) is 16.1 Å². The number of nitrogens with one attached hydrogen (secondary N) is 1. The van der Waals surface area contributed by atoms with Crippen molar-refractivity contribution in [2.45, 2.75) is 26.0 Å². The molecule has 2 heterocycles. The molecule has 0 atom stereocenters. The van der Waals surface area contributed by atoms with E-state index in [-0.39, 0.29) is 11.7 Å². The van der Waals surface area contributed by atoms with Gasteiger partial charge in [0, 0.05) is 5.56 Å². The highest BCUT2D eigenvalue weighted by Gasteiger charge is 2.13. The second-order valence-electron chi connectivity index (χ2n) is 5.14. The van der Waals surface area contributed by atoms with Gasteiger partial charge in [-0.25, -0.2) is 0 Å². The third-order valence-electron chi connectivity index (χ3n) is 3.26. The van der Waals surface area contributed by atoms with Gasteiger partial charge in [0.05, 0.1) is 5.75 Å². The van der Waals surface area contributed by atoms with Crippen molar-refractivity contribution in [1.82, 2.24) is 20.4 Å². The second kappa shape index (κ2) is 7.10. The molecule has 1 N–H and O–H groups in total. The number of amides is 1. The zero-order valence-electron chi connectivity index (χ0n) is 13.4. The standard InChI is InChI=1S/C15H15N5O2S2/c1-8-4-5-11(6-9(8)2)13-18-20-15(22-13)23-7-12(21)16-14-19-17-10(3)24-14/h4-6H,7H2,1-3H3,(H,16,19,21). The van der Waals surface area contributed by atoms with Gasteiger partial charge in [-0.15, -0.1) is 20.4 Å². The molecule has 0 bridgehead atoms. The molecule has 9 heteroatoms. The molecule has 7 nitrogen and oxygen atoms in total. The minimum Gasteiger partial charge on any atom is -0.411 e. The van der Waals surface area contributed by atoms with Crippen molar-refractivity contribution in [3.05, 3.63) is 34.3 Å². The summed E-state index contributed by atoms with van der Waals surface area (Å²) in [5, 5.41) is 20.0. The van der Waals surface area contributed by atoms with Crippen molar-refractivity contribution < 1.29 is 9.21 Å². The monoisotopic (exact) mass is 361 g/mol. The van der Waals surface area contributed by atoms with Gasteiger partial charge in [-0.05, 0) is 44.0 Å². The molecule has 3 aromatic rings. The fourth-order valence-corrected chi connectivity index (χ4v) is 3.06. The van der Waals surface area contributed by atoms with E-state index in [0.29, 0.717) is 16.2 Å². The average molecular weight is 361 g/mol. The van der Waals surface area contributed by atoms with E-state index < -0.39 is 0 Å². The topological polar surface area (TPSA) is 93.8 Å². The molecular formula is C15H15N5O2S2. The van der Waals surface area contributed by atoms with Gasteiger partial charge in [-0.1, -0.05) is 29.2 Å². The number of rotatable bonds is 5. The summed E-state index contributed by atoms with van der Waals surface area (Å²) in [6.45, 7) is 5.91. The molecule has 0 fully saturated rings. The molecule has 2 aromatic heterocycles. The van der Waals surface area contributed by atoms with Crippen LogP contribution in [0.4, 0.5) is 5.13 Å². The van der Waals surface area contributed by atoms with Gasteiger partial charge < -0.3 is 4.42 Å². The van der Waals surface area contributed by atoms with Crippen molar-refractivity contribution >= 4 is 34.1 Å². The van der Waals surface area contributed by atoms with E-state index in [2.05, 4.69) is 25.7 Å². The van der Waals surface area contributed by atoms with Crippen molar-refractivity contribution in [1.29, 1.82) is 0 Å². The molecule has 24 heavy (non-hydrogen) atoms. The third kappa shape index (κ3) is 3.98. The molecule has 0 spiro atoms. The molecule has 0 saturated heterocycles. The number of aromatic nitrogens is 4. The molecule has 1 amide bonds. The number of carbonyl (C=O) groups is 1. The molecule has 0 radical (unpaired) electrons. The largest absolute Gasteiger partial charge is 0.411 e. The molecule has 1 aromatic carbocycles. The van der Waals surface area contributed by atoms with Gasteiger partial charge in [0.25, 0.3) is 5.22 Å². The fourth-order valence-electron chi connectivity index (χ4n) is 1.89. The first-order valence-electron chi connectivity index (χ1n) is 7.15. The van der Waals surface area contributed by atoms with Crippen molar-refractivity contribution in [2.75, 3.05) is 11.1 Å². The van der Waals surface area contributed by atoms with E-state index in [1.807, 2.05) is 39.0 Å². The number of anilines is 1. The summed E-state index contributed by atoms with van der Waals surface area (Å²) in [4.78, 5) is 11.9. The summed E-state index contributed by atoms with van der Waals surface area (Å²) in [6, 6.07) is 5.95. The zero-order valence-corrected chi connectivity index (χ0v) is 15.0. The van der Waals surface area contributed by atoms with E-state index in [9.17, 15) is 4.79 Å². The highest BCUT2D eigenvalue weighted by Crippen LogP contribution is 2.25. The lowest BCUT2D eigenvalue weighted by atomic mass is 10.1. The van der Waals surface area contributed by atoms with Gasteiger partial charge in [-0.2, -0.15) is 0 Å². The maximum Gasteiger partial charge on any atom is 0.277 e. The lowest BCUT2D eigenvalue weighted by molar-refractivity contribution is -0.113. The molecular weight excluding hydrogens is 346 g/mol. The van der Waals surface area contributed by atoms with Crippen LogP contribution < -0.4 is 5.32 Å². The van der Waals surface area contributed by atoms with Crippen LogP contribution in [0.5, 0.6) is 0 Å². The molecule has 3 rings (SSSR count). The predicted molar refractivity (Wildman–Crippen MR) is 93.2 cm³/mol. The van der Waals surface area contributed by atoms with Crippen LogP contribution in [0, 0.1) is 20.8 Å². The van der Waals surface area contributed by atoms with Crippen LogP contribution in [0.25, 0.3) is 11.5 Å². The van der Waals surface area contributed by atoms with Crippen molar-refractivity contribution in [2.24, 2.45) is 0 Å². The molecule has 0 saturated carbocycles. The van der Waals surface area contributed by atoms with Crippen LogP contribution in [0.3, 0.4) is 0 Å². The van der Waals surface area contributed by atoms with Gasteiger partial charge in [0.15, 0.2) is 0 Å². The van der Waals surface area contributed by atoms with Gasteiger partial charge in [0.2, 0.25) is 16.9 Å². The Labute approximate surface area is 146 Å². The number of hydrogen-bond acceptors (Lipinski definition) is 8. The molecule has 0 aliphatic rings. The highest BCUT2D eigenvalue weighted by molar-refractivity contribution is 7.99. The number of nitrogens with zero attached hydrogens (tertiary/aromatic N) is 4. The Morgan fingerprint density at radius 1 is 1.17 bits per heavy atom. The third-order valence-corrected chi connectivity index (χ3v) is 4.83. The number of aryl methyl sites for hydroxylation is 3. The zero-order chi connectivity index (χ0) is 17.1. The van der Waals surface area contributed by atoms with Crippen LogP contribution in [0.15, 0.2) is 27.8 Å². The van der Waals surface area contributed by atoms with Crippen LogP contribution >= 0.6 is 23.1 Å².